The molecule has 0 spiro atoms. The molecule has 1 rings (SSSR count). The Bertz CT molecular complexity index is 410. The highest BCUT2D eigenvalue weighted by molar-refractivity contribution is 7.99. The summed E-state index contributed by atoms with van der Waals surface area (Å²) in [6, 6.07) is 4.15. The van der Waals surface area contributed by atoms with Crippen molar-refractivity contribution in [3.63, 3.8) is 0 Å². The maximum atomic E-state index is 12.7. The Morgan fingerprint density at radius 1 is 1.25 bits per heavy atom. The molecular weight excluding hydrogens is 283 g/mol. The van der Waals surface area contributed by atoms with Crippen LogP contribution in [-0.4, -0.2) is 18.1 Å². The van der Waals surface area contributed by atoms with Crippen LogP contribution in [-0.2, 0) is 6.18 Å². The number of benzene rings is 1. The zero-order chi connectivity index (χ0) is 15.2. The highest BCUT2D eigenvalue weighted by Crippen LogP contribution is 2.32. The molecule has 1 nitrogen and oxygen atoms in total. The van der Waals surface area contributed by atoms with Gasteiger partial charge in [0.1, 0.15) is 0 Å². The second-order valence-corrected chi connectivity index (χ2v) is 6.05. The lowest BCUT2D eigenvalue weighted by atomic mass is 9.99. The summed E-state index contributed by atoms with van der Waals surface area (Å²) in [5, 5.41) is 3.42. The van der Waals surface area contributed by atoms with Gasteiger partial charge >= 0.3 is 6.18 Å². The number of alkyl halides is 3. The van der Waals surface area contributed by atoms with E-state index in [2.05, 4.69) is 19.2 Å². The fraction of sp³-hybridized carbons (Fsp3) is 0.600. The third-order valence-electron chi connectivity index (χ3n) is 3.10. The molecular formula is C15H22F3NS. The molecule has 0 fully saturated rings. The van der Waals surface area contributed by atoms with Gasteiger partial charge in [-0.3, -0.25) is 0 Å². The van der Waals surface area contributed by atoms with Gasteiger partial charge in [0, 0.05) is 11.8 Å². The zero-order valence-electron chi connectivity index (χ0n) is 12.2. The van der Waals surface area contributed by atoms with E-state index in [4.69, 9.17) is 0 Å². The van der Waals surface area contributed by atoms with E-state index >= 15 is 0 Å². The highest BCUT2D eigenvalue weighted by atomic mass is 32.2. The van der Waals surface area contributed by atoms with Crippen molar-refractivity contribution in [2.75, 3.05) is 18.1 Å². The molecule has 114 valence electrons. The van der Waals surface area contributed by atoms with Crippen molar-refractivity contribution in [3.05, 3.63) is 34.9 Å². The van der Waals surface area contributed by atoms with E-state index in [1.54, 1.807) is 24.8 Å². The standard InChI is InChI=1S/C15H22F3NS/c1-4-8-19-14(10-20-5-2)13-7-6-12(9-11(13)3)15(16,17)18/h6-7,9,14,19H,4-5,8,10H2,1-3H3. The summed E-state index contributed by atoms with van der Waals surface area (Å²) in [5.74, 6) is 1.88. The lowest BCUT2D eigenvalue weighted by Gasteiger charge is -2.21. The van der Waals surface area contributed by atoms with Crippen molar-refractivity contribution in [2.45, 2.75) is 39.4 Å². The SMILES string of the molecule is CCCNC(CSCC)c1ccc(C(F)(F)F)cc1C. The van der Waals surface area contributed by atoms with E-state index in [9.17, 15) is 13.2 Å². The van der Waals surface area contributed by atoms with Crippen LogP contribution in [0, 0.1) is 6.92 Å². The zero-order valence-corrected chi connectivity index (χ0v) is 13.0. The number of hydrogen-bond acceptors (Lipinski definition) is 2. The van der Waals surface area contributed by atoms with Crippen LogP contribution >= 0.6 is 11.8 Å². The molecule has 0 aliphatic carbocycles. The molecule has 1 aromatic rings. The average molecular weight is 305 g/mol. The van der Waals surface area contributed by atoms with Gasteiger partial charge in [0.15, 0.2) is 0 Å². The molecule has 0 radical (unpaired) electrons. The van der Waals surface area contributed by atoms with Gasteiger partial charge in [-0.25, -0.2) is 0 Å². The van der Waals surface area contributed by atoms with Gasteiger partial charge < -0.3 is 5.32 Å². The van der Waals surface area contributed by atoms with Crippen molar-refractivity contribution in [3.8, 4) is 0 Å². The minimum Gasteiger partial charge on any atom is -0.309 e. The Kier molecular flexibility index (Phi) is 6.89. The molecule has 0 saturated carbocycles. The van der Waals surface area contributed by atoms with Gasteiger partial charge in [0.25, 0.3) is 0 Å². The molecule has 0 saturated heterocycles. The molecule has 5 heteroatoms. The Hall–Kier alpha value is -0.680. The normalized spacial score (nSPS) is 13.5. The van der Waals surface area contributed by atoms with Crippen molar-refractivity contribution in [1.82, 2.24) is 5.32 Å². The first-order chi connectivity index (χ1) is 9.40. The van der Waals surface area contributed by atoms with E-state index < -0.39 is 11.7 Å². The van der Waals surface area contributed by atoms with Crippen LogP contribution in [0.15, 0.2) is 18.2 Å². The van der Waals surface area contributed by atoms with Crippen molar-refractivity contribution in [1.29, 1.82) is 0 Å². The monoisotopic (exact) mass is 305 g/mol. The molecule has 1 atom stereocenters. The molecule has 1 aromatic carbocycles. The predicted molar refractivity (Wildman–Crippen MR) is 80.2 cm³/mol. The average Bonchev–Trinajstić information content (AvgIpc) is 2.38. The van der Waals surface area contributed by atoms with Gasteiger partial charge in [-0.2, -0.15) is 24.9 Å². The second kappa shape index (κ2) is 7.93. The molecule has 20 heavy (non-hydrogen) atoms. The molecule has 0 aromatic heterocycles. The van der Waals surface area contributed by atoms with Crippen LogP contribution < -0.4 is 5.32 Å². The highest BCUT2D eigenvalue weighted by Gasteiger charge is 2.31. The molecule has 0 heterocycles. The quantitative estimate of drug-likeness (QED) is 0.776. The van der Waals surface area contributed by atoms with Gasteiger partial charge in [-0.1, -0.05) is 19.9 Å². The number of halogens is 3. The minimum absolute atomic E-state index is 0.113. The number of rotatable bonds is 7. The first-order valence-electron chi connectivity index (χ1n) is 6.89. The Morgan fingerprint density at radius 2 is 1.95 bits per heavy atom. The number of aryl methyl sites for hydroxylation is 1. The Labute approximate surface area is 123 Å². The van der Waals surface area contributed by atoms with Crippen molar-refractivity contribution < 1.29 is 13.2 Å². The van der Waals surface area contributed by atoms with Gasteiger partial charge in [-0.15, -0.1) is 0 Å². The molecule has 1 unspecified atom stereocenters. The van der Waals surface area contributed by atoms with Crippen LogP contribution in [0.3, 0.4) is 0 Å². The predicted octanol–water partition coefficient (Wildman–Crippen LogP) is 4.81. The van der Waals surface area contributed by atoms with E-state index in [0.29, 0.717) is 5.56 Å². The fourth-order valence-corrected chi connectivity index (χ4v) is 2.82. The summed E-state index contributed by atoms with van der Waals surface area (Å²) in [4.78, 5) is 0. The number of thioether (sulfide) groups is 1. The van der Waals surface area contributed by atoms with Crippen LogP contribution in [0.1, 0.15) is 43.0 Å². The van der Waals surface area contributed by atoms with Gasteiger partial charge in [-0.05, 0) is 48.9 Å². The van der Waals surface area contributed by atoms with Gasteiger partial charge in [0.2, 0.25) is 0 Å². The summed E-state index contributed by atoms with van der Waals surface area (Å²) in [5.41, 5.74) is 1.09. The first-order valence-corrected chi connectivity index (χ1v) is 8.04. The van der Waals surface area contributed by atoms with Crippen LogP contribution in [0.4, 0.5) is 13.2 Å². The maximum absolute atomic E-state index is 12.7. The van der Waals surface area contributed by atoms with Crippen LogP contribution in [0.5, 0.6) is 0 Å². The third-order valence-corrected chi connectivity index (χ3v) is 4.08. The molecule has 0 amide bonds. The lowest BCUT2D eigenvalue weighted by Crippen LogP contribution is -2.25. The number of nitrogens with one attached hydrogen (secondary N) is 1. The Balaban J connectivity index is 2.95. The van der Waals surface area contributed by atoms with Crippen molar-refractivity contribution >= 4 is 11.8 Å². The molecule has 0 aliphatic heterocycles. The lowest BCUT2D eigenvalue weighted by molar-refractivity contribution is -0.137. The maximum Gasteiger partial charge on any atom is 0.416 e. The molecule has 1 N–H and O–H groups in total. The van der Waals surface area contributed by atoms with Gasteiger partial charge in [0.05, 0.1) is 5.56 Å². The van der Waals surface area contributed by atoms with E-state index in [-0.39, 0.29) is 6.04 Å². The summed E-state index contributed by atoms with van der Waals surface area (Å²) >= 11 is 1.80. The number of hydrogen-bond donors (Lipinski definition) is 1. The smallest absolute Gasteiger partial charge is 0.309 e. The summed E-state index contributed by atoms with van der Waals surface area (Å²) in [6.07, 6.45) is -3.26. The van der Waals surface area contributed by atoms with Crippen LogP contribution in [0.2, 0.25) is 0 Å². The first kappa shape index (κ1) is 17.4. The fourth-order valence-electron chi connectivity index (χ4n) is 2.06. The van der Waals surface area contributed by atoms with Crippen LogP contribution in [0.25, 0.3) is 0 Å². The van der Waals surface area contributed by atoms with Crippen molar-refractivity contribution in [2.24, 2.45) is 0 Å². The second-order valence-electron chi connectivity index (χ2n) is 4.74. The van der Waals surface area contributed by atoms with E-state index in [0.717, 1.165) is 30.0 Å². The molecule has 0 bridgehead atoms. The summed E-state index contributed by atoms with van der Waals surface area (Å²) < 4.78 is 38.1. The third kappa shape index (κ3) is 5.02. The largest absolute Gasteiger partial charge is 0.416 e. The summed E-state index contributed by atoms with van der Waals surface area (Å²) in [7, 11) is 0. The minimum atomic E-state index is -4.27. The topological polar surface area (TPSA) is 12.0 Å². The molecule has 0 aliphatic rings. The van der Waals surface area contributed by atoms with E-state index in [1.807, 2.05) is 0 Å². The Morgan fingerprint density at radius 3 is 2.45 bits per heavy atom. The van der Waals surface area contributed by atoms with E-state index in [1.165, 1.54) is 12.1 Å². The summed E-state index contributed by atoms with van der Waals surface area (Å²) in [6.45, 7) is 6.79.